The average Bonchev–Trinajstić information content (AvgIpc) is 2.86. The molecule has 0 radical (unpaired) electrons. The first-order chi connectivity index (χ1) is 7.75. The molecule has 3 rings (SSSR count). The predicted octanol–water partition coefficient (Wildman–Crippen LogP) is 3.17. The van der Waals surface area contributed by atoms with E-state index in [9.17, 15) is 0 Å². The quantitative estimate of drug-likeness (QED) is 0.718. The molecule has 0 spiro atoms. The molecule has 0 aliphatic carbocycles. The van der Waals surface area contributed by atoms with E-state index in [2.05, 4.69) is 26.1 Å². The highest BCUT2D eigenvalue weighted by Crippen LogP contribution is 2.31. The number of nitrogens with zero attached hydrogens (tertiary/aromatic N) is 1. The monoisotopic (exact) mass is 277 g/mol. The number of rotatable bonds is 1. The van der Waals surface area contributed by atoms with Crippen molar-refractivity contribution in [1.82, 2.24) is 10.1 Å². The van der Waals surface area contributed by atoms with Crippen LogP contribution in [0.15, 0.2) is 39.6 Å². The standard InChI is InChI=1S/C11H8BrN3O/c12-9-5-14-10-2-1-6(3-7(9)10)8-4-15-16-11(8)13/h1-5,14H,13H2. The summed E-state index contributed by atoms with van der Waals surface area (Å²) in [6.07, 6.45) is 3.53. The minimum Gasteiger partial charge on any atom is -0.367 e. The molecule has 0 atom stereocenters. The summed E-state index contributed by atoms with van der Waals surface area (Å²) < 4.78 is 5.88. The van der Waals surface area contributed by atoms with Crippen LogP contribution in [0.1, 0.15) is 0 Å². The van der Waals surface area contributed by atoms with E-state index >= 15 is 0 Å². The lowest BCUT2D eigenvalue weighted by molar-refractivity contribution is 0.436. The van der Waals surface area contributed by atoms with Gasteiger partial charge in [0.05, 0.1) is 11.8 Å². The van der Waals surface area contributed by atoms with Gasteiger partial charge in [-0.3, -0.25) is 0 Å². The van der Waals surface area contributed by atoms with Gasteiger partial charge in [-0.1, -0.05) is 11.2 Å². The zero-order chi connectivity index (χ0) is 11.1. The number of nitrogens with two attached hydrogens (primary N) is 1. The average molecular weight is 278 g/mol. The largest absolute Gasteiger partial charge is 0.367 e. The molecule has 0 saturated heterocycles. The predicted molar refractivity (Wildman–Crippen MR) is 65.9 cm³/mol. The molecule has 4 nitrogen and oxygen atoms in total. The third-order valence-electron chi connectivity index (χ3n) is 2.54. The Morgan fingerprint density at radius 2 is 2.25 bits per heavy atom. The van der Waals surface area contributed by atoms with E-state index in [0.717, 1.165) is 26.5 Å². The van der Waals surface area contributed by atoms with Gasteiger partial charge in [0.15, 0.2) is 0 Å². The normalized spacial score (nSPS) is 11.1. The highest BCUT2D eigenvalue weighted by molar-refractivity contribution is 9.10. The van der Waals surface area contributed by atoms with Crippen LogP contribution in [0.2, 0.25) is 0 Å². The van der Waals surface area contributed by atoms with E-state index in [1.165, 1.54) is 0 Å². The molecule has 3 aromatic rings. The first kappa shape index (κ1) is 9.47. The third kappa shape index (κ3) is 1.32. The molecule has 0 bridgehead atoms. The Kier molecular flexibility index (Phi) is 2.00. The summed E-state index contributed by atoms with van der Waals surface area (Å²) in [6.45, 7) is 0. The summed E-state index contributed by atoms with van der Waals surface area (Å²) in [5, 5.41) is 4.78. The van der Waals surface area contributed by atoms with Crippen molar-refractivity contribution in [3.63, 3.8) is 0 Å². The lowest BCUT2D eigenvalue weighted by Crippen LogP contribution is -1.84. The van der Waals surface area contributed by atoms with E-state index in [4.69, 9.17) is 10.3 Å². The molecule has 2 aromatic heterocycles. The van der Waals surface area contributed by atoms with Crippen molar-refractivity contribution in [2.45, 2.75) is 0 Å². The summed E-state index contributed by atoms with van der Waals surface area (Å²) in [4.78, 5) is 3.16. The van der Waals surface area contributed by atoms with Gasteiger partial charge in [-0.05, 0) is 33.6 Å². The van der Waals surface area contributed by atoms with Gasteiger partial charge >= 0.3 is 0 Å². The van der Waals surface area contributed by atoms with Gasteiger partial charge in [-0.25, -0.2) is 0 Å². The molecule has 3 N–H and O–H groups in total. The van der Waals surface area contributed by atoms with E-state index in [1.54, 1.807) is 6.20 Å². The molecule has 5 heteroatoms. The fourth-order valence-corrected chi connectivity index (χ4v) is 2.16. The molecule has 0 amide bonds. The summed E-state index contributed by atoms with van der Waals surface area (Å²) in [7, 11) is 0. The van der Waals surface area contributed by atoms with Gasteiger partial charge in [0.1, 0.15) is 0 Å². The van der Waals surface area contributed by atoms with Crippen molar-refractivity contribution in [2.24, 2.45) is 0 Å². The first-order valence-corrected chi connectivity index (χ1v) is 5.52. The number of H-pyrrole nitrogens is 1. The second-order valence-corrected chi connectivity index (χ2v) is 4.36. The van der Waals surface area contributed by atoms with E-state index in [-0.39, 0.29) is 0 Å². The number of nitrogens with one attached hydrogen (secondary N) is 1. The summed E-state index contributed by atoms with van der Waals surface area (Å²) in [6, 6.07) is 6.02. The lowest BCUT2D eigenvalue weighted by atomic mass is 10.1. The van der Waals surface area contributed by atoms with Crippen molar-refractivity contribution in [3.8, 4) is 11.1 Å². The minimum atomic E-state index is 0.339. The Labute approximate surface area is 99.6 Å². The molecular formula is C11H8BrN3O. The highest BCUT2D eigenvalue weighted by Gasteiger charge is 2.09. The zero-order valence-corrected chi connectivity index (χ0v) is 9.78. The molecular weight excluding hydrogens is 270 g/mol. The molecule has 0 aliphatic heterocycles. The van der Waals surface area contributed by atoms with Crippen molar-refractivity contribution in [1.29, 1.82) is 0 Å². The van der Waals surface area contributed by atoms with Crippen LogP contribution in [0.4, 0.5) is 5.88 Å². The second kappa shape index (κ2) is 3.38. The van der Waals surface area contributed by atoms with Crippen LogP contribution < -0.4 is 5.73 Å². The van der Waals surface area contributed by atoms with Crippen LogP contribution in [0.25, 0.3) is 22.0 Å². The number of halogens is 1. The van der Waals surface area contributed by atoms with Gasteiger partial charge in [0.25, 0.3) is 0 Å². The Morgan fingerprint density at radius 1 is 1.38 bits per heavy atom. The number of nitrogen functional groups attached to an aromatic ring is 1. The topological polar surface area (TPSA) is 67.8 Å². The van der Waals surface area contributed by atoms with E-state index in [1.807, 2.05) is 24.4 Å². The molecule has 0 fully saturated rings. The zero-order valence-electron chi connectivity index (χ0n) is 8.20. The molecule has 1 aromatic carbocycles. The maximum atomic E-state index is 5.68. The van der Waals surface area contributed by atoms with E-state index in [0.29, 0.717) is 5.88 Å². The van der Waals surface area contributed by atoms with E-state index < -0.39 is 0 Å². The Morgan fingerprint density at radius 3 is 3.00 bits per heavy atom. The maximum absolute atomic E-state index is 5.68. The molecule has 80 valence electrons. The van der Waals surface area contributed by atoms with Crippen LogP contribution >= 0.6 is 15.9 Å². The maximum Gasteiger partial charge on any atom is 0.229 e. The van der Waals surface area contributed by atoms with Crippen LogP contribution in [0.3, 0.4) is 0 Å². The Hall–Kier alpha value is -1.75. The van der Waals surface area contributed by atoms with Crippen LogP contribution in [0, 0.1) is 0 Å². The summed E-state index contributed by atoms with van der Waals surface area (Å²) in [5.74, 6) is 0.339. The third-order valence-corrected chi connectivity index (χ3v) is 3.20. The fraction of sp³-hybridized carbons (Fsp3) is 0. The number of aromatic nitrogens is 2. The second-order valence-electron chi connectivity index (χ2n) is 3.50. The molecule has 0 unspecified atom stereocenters. The number of anilines is 1. The van der Waals surface area contributed by atoms with Crippen molar-refractivity contribution in [3.05, 3.63) is 35.1 Å². The van der Waals surface area contributed by atoms with Gasteiger partial charge in [0.2, 0.25) is 5.88 Å². The lowest BCUT2D eigenvalue weighted by Gasteiger charge is -1.98. The smallest absolute Gasteiger partial charge is 0.229 e. The molecule has 2 heterocycles. The molecule has 0 aliphatic rings. The number of aromatic amines is 1. The Bertz CT molecular complexity index is 656. The van der Waals surface area contributed by atoms with Crippen molar-refractivity contribution >= 4 is 32.7 Å². The van der Waals surface area contributed by atoms with Gasteiger partial charge in [-0.15, -0.1) is 0 Å². The highest BCUT2D eigenvalue weighted by atomic mass is 79.9. The van der Waals surface area contributed by atoms with Crippen LogP contribution in [-0.4, -0.2) is 10.1 Å². The SMILES string of the molecule is Nc1oncc1-c1ccc2[nH]cc(Br)c2c1. The summed E-state index contributed by atoms with van der Waals surface area (Å²) in [5.41, 5.74) is 8.56. The van der Waals surface area contributed by atoms with Gasteiger partial charge < -0.3 is 15.2 Å². The van der Waals surface area contributed by atoms with Crippen molar-refractivity contribution in [2.75, 3.05) is 5.73 Å². The Balaban J connectivity index is 2.25. The fourth-order valence-electron chi connectivity index (χ4n) is 1.72. The van der Waals surface area contributed by atoms with Gasteiger partial charge in [-0.2, -0.15) is 0 Å². The number of benzene rings is 1. The molecule has 0 saturated carbocycles. The summed E-state index contributed by atoms with van der Waals surface area (Å²) >= 11 is 3.48. The number of fused-ring (bicyclic) bond motifs is 1. The first-order valence-electron chi connectivity index (χ1n) is 4.73. The van der Waals surface area contributed by atoms with Crippen LogP contribution in [0.5, 0.6) is 0 Å². The molecule has 16 heavy (non-hydrogen) atoms. The van der Waals surface area contributed by atoms with Crippen LogP contribution in [-0.2, 0) is 0 Å². The van der Waals surface area contributed by atoms with Crippen molar-refractivity contribution < 1.29 is 4.52 Å². The number of hydrogen-bond donors (Lipinski definition) is 2. The van der Waals surface area contributed by atoms with Gasteiger partial charge in [0, 0.05) is 21.6 Å². The number of hydrogen-bond acceptors (Lipinski definition) is 3. The minimum absolute atomic E-state index is 0.339.